The van der Waals surface area contributed by atoms with Crippen molar-refractivity contribution in [1.29, 1.82) is 0 Å². The highest BCUT2D eigenvalue weighted by Gasteiger charge is 2.35. The second kappa shape index (κ2) is 14.5. The first-order valence-corrected chi connectivity index (χ1v) is 15.9. The molecule has 1 aliphatic rings. The SMILES string of the molecule is CCN(CC)C(=O)COc1ccc(C2C(C(=O)Nc3ccccc3OC)=C(C)Nc3nc(SCc4ccccc4Cl)nn32)cc1. The Bertz CT molecular complexity index is 1700. The standard InChI is InChI=1S/C33H35ClN6O4S/c1-5-39(6-2)28(41)19-44-24-17-15-22(16-18-24)30-29(31(42)36-26-13-9-10-14-27(26)43-4)21(3)35-32-37-33(38-40(30)32)45-20-23-11-7-8-12-25(23)34/h7-18,30H,5-6,19-20H2,1-4H3,(H,36,42)(H,35,37,38). The first-order valence-electron chi connectivity index (χ1n) is 14.6. The number of likely N-dealkylation sites (N-methyl/N-ethyl adjacent to an activating group) is 1. The first kappa shape index (κ1) is 31.9. The summed E-state index contributed by atoms with van der Waals surface area (Å²) in [5.74, 6) is 1.79. The molecule has 12 heteroatoms. The number of halogens is 1. The number of anilines is 2. The minimum Gasteiger partial charge on any atom is -0.495 e. The van der Waals surface area contributed by atoms with Gasteiger partial charge in [-0.25, -0.2) is 4.68 Å². The van der Waals surface area contributed by atoms with Crippen LogP contribution in [-0.2, 0) is 15.3 Å². The van der Waals surface area contributed by atoms with E-state index in [0.717, 1.165) is 11.1 Å². The Balaban J connectivity index is 1.45. The topological polar surface area (TPSA) is 111 Å². The summed E-state index contributed by atoms with van der Waals surface area (Å²) >= 11 is 7.83. The number of ether oxygens (including phenoxy) is 2. The fraction of sp³-hybridized carbons (Fsp3) is 0.273. The molecule has 4 aromatic rings. The molecule has 1 atom stereocenters. The normalized spacial score (nSPS) is 13.9. The molecule has 0 saturated heterocycles. The molecule has 5 rings (SSSR count). The highest BCUT2D eigenvalue weighted by Crippen LogP contribution is 2.38. The molecule has 45 heavy (non-hydrogen) atoms. The third-order valence-electron chi connectivity index (χ3n) is 7.42. The lowest BCUT2D eigenvalue weighted by Gasteiger charge is -2.29. The summed E-state index contributed by atoms with van der Waals surface area (Å²) in [5, 5.41) is 12.3. The predicted octanol–water partition coefficient (Wildman–Crippen LogP) is 6.41. The fourth-order valence-corrected chi connectivity index (χ4v) is 6.16. The molecule has 10 nitrogen and oxygen atoms in total. The van der Waals surface area contributed by atoms with Gasteiger partial charge in [0, 0.05) is 29.6 Å². The van der Waals surface area contributed by atoms with Gasteiger partial charge >= 0.3 is 0 Å². The quantitative estimate of drug-likeness (QED) is 0.170. The highest BCUT2D eigenvalue weighted by atomic mass is 35.5. The van der Waals surface area contributed by atoms with Crippen LogP contribution in [0.15, 0.2) is 89.2 Å². The van der Waals surface area contributed by atoms with Gasteiger partial charge in [0.15, 0.2) is 6.61 Å². The largest absolute Gasteiger partial charge is 0.495 e. The van der Waals surface area contributed by atoms with E-state index in [-0.39, 0.29) is 18.4 Å². The van der Waals surface area contributed by atoms with Crippen molar-refractivity contribution >= 4 is 46.8 Å². The number of thioether (sulfide) groups is 1. The Kier molecular flexibility index (Phi) is 10.3. The first-order chi connectivity index (χ1) is 21.8. The summed E-state index contributed by atoms with van der Waals surface area (Å²) in [6.45, 7) is 6.90. The van der Waals surface area contributed by atoms with Crippen LogP contribution in [0.1, 0.15) is 37.9 Å². The molecule has 2 heterocycles. The van der Waals surface area contributed by atoms with Gasteiger partial charge in [-0.15, -0.1) is 5.10 Å². The Labute approximate surface area is 271 Å². The third kappa shape index (κ3) is 7.26. The van der Waals surface area contributed by atoms with Crippen LogP contribution in [0, 0.1) is 0 Å². The van der Waals surface area contributed by atoms with Gasteiger partial charge in [0.05, 0.1) is 18.4 Å². The van der Waals surface area contributed by atoms with E-state index in [1.54, 1.807) is 41.0 Å². The smallest absolute Gasteiger partial charge is 0.260 e. The van der Waals surface area contributed by atoms with E-state index in [9.17, 15) is 9.59 Å². The Hall–Kier alpha value is -4.48. The summed E-state index contributed by atoms with van der Waals surface area (Å²) in [4.78, 5) is 32.9. The molecule has 2 amide bonds. The van der Waals surface area contributed by atoms with Crippen LogP contribution in [0.25, 0.3) is 0 Å². The lowest BCUT2D eigenvalue weighted by Crippen LogP contribution is -2.34. The number of hydrogen-bond donors (Lipinski definition) is 2. The van der Waals surface area contributed by atoms with Gasteiger partial charge in [0.1, 0.15) is 17.5 Å². The van der Waals surface area contributed by atoms with E-state index in [0.29, 0.717) is 63.4 Å². The average molecular weight is 647 g/mol. The number of methoxy groups -OCH3 is 1. The predicted molar refractivity (Wildman–Crippen MR) is 177 cm³/mol. The highest BCUT2D eigenvalue weighted by molar-refractivity contribution is 7.98. The summed E-state index contributed by atoms with van der Waals surface area (Å²) in [5.41, 5.74) is 3.41. The minimum atomic E-state index is -0.607. The van der Waals surface area contributed by atoms with Crippen LogP contribution in [-0.4, -0.2) is 58.3 Å². The van der Waals surface area contributed by atoms with Crippen molar-refractivity contribution in [3.63, 3.8) is 0 Å². The van der Waals surface area contributed by atoms with Gasteiger partial charge in [-0.2, -0.15) is 4.98 Å². The van der Waals surface area contributed by atoms with Crippen LogP contribution < -0.4 is 20.1 Å². The molecule has 3 aromatic carbocycles. The molecule has 0 radical (unpaired) electrons. The molecule has 1 aromatic heterocycles. The van der Waals surface area contributed by atoms with Crippen molar-refractivity contribution in [2.24, 2.45) is 0 Å². The molecule has 1 aliphatic heterocycles. The van der Waals surface area contributed by atoms with Gasteiger partial charge in [-0.3, -0.25) is 9.59 Å². The monoisotopic (exact) mass is 646 g/mol. The number of hydrogen-bond acceptors (Lipinski definition) is 8. The van der Waals surface area contributed by atoms with Crippen molar-refractivity contribution in [2.75, 3.05) is 37.4 Å². The van der Waals surface area contributed by atoms with Crippen LogP contribution >= 0.6 is 23.4 Å². The van der Waals surface area contributed by atoms with E-state index in [1.165, 1.54) is 11.8 Å². The maximum absolute atomic E-state index is 13.9. The van der Waals surface area contributed by atoms with Crippen LogP contribution in [0.2, 0.25) is 5.02 Å². The van der Waals surface area contributed by atoms with Crippen LogP contribution in [0.5, 0.6) is 11.5 Å². The van der Waals surface area contributed by atoms with E-state index >= 15 is 0 Å². The number of benzene rings is 3. The van der Waals surface area contributed by atoms with Crippen molar-refractivity contribution in [3.8, 4) is 11.5 Å². The van der Waals surface area contributed by atoms with E-state index in [1.807, 2.05) is 69.3 Å². The van der Waals surface area contributed by atoms with Gasteiger partial charge in [0.2, 0.25) is 11.1 Å². The molecule has 234 valence electrons. The molecule has 0 spiro atoms. The number of para-hydroxylation sites is 2. The number of allylic oxidation sites excluding steroid dienone is 1. The maximum Gasteiger partial charge on any atom is 0.260 e. The molecule has 0 saturated carbocycles. The second-order valence-corrected chi connectivity index (χ2v) is 11.5. The number of amides is 2. The van der Waals surface area contributed by atoms with Crippen molar-refractivity contribution in [3.05, 3.63) is 100 Å². The van der Waals surface area contributed by atoms with Crippen LogP contribution in [0.3, 0.4) is 0 Å². The number of rotatable bonds is 12. The molecule has 0 bridgehead atoms. The zero-order valence-electron chi connectivity index (χ0n) is 25.5. The summed E-state index contributed by atoms with van der Waals surface area (Å²) in [7, 11) is 1.56. The van der Waals surface area contributed by atoms with Crippen LogP contribution in [0.4, 0.5) is 11.6 Å². The van der Waals surface area contributed by atoms with Gasteiger partial charge in [-0.1, -0.05) is 65.8 Å². The van der Waals surface area contributed by atoms with Crippen molar-refractivity contribution < 1.29 is 19.1 Å². The van der Waals surface area contributed by atoms with Gasteiger partial charge in [-0.05, 0) is 62.2 Å². The summed E-state index contributed by atoms with van der Waals surface area (Å²) < 4.78 is 13.0. The molecule has 1 unspecified atom stereocenters. The zero-order valence-corrected chi connectivity index (χ0v) is 27.1. The van der Waals surface area contributed by atoms with Gasteiger partial charge < -0.3 is 25.0 Å². The zero-order chi connectivity index (χ0) is 31.9. The molecular weight excluding hydrogens is 612 g/mol. The van der Waals surface area contributed by atoms with Crippen molar-refractivity contribution in [2.45, 2.75) is 37.7 Å². The Morgan fingerprint density at radius 2 is 1.76 bits per heavy atom. The molecular formula is C33H35ClN6O4S. The average Bonchev–Trinajstić information content (AvgIpc) is 3.46. The van der Waals surface area contributed by atoms with Gasteiger partial charge in [0.25, 0.3) is 11.8 Å². The molecule has 0 aliphatic carbocycles. The second-order valence-electron chi connectivity index (χ2n) is 10.2. The lowest BCUT2D eigenvalue weighted by atomic mass is 9.95. The minimum absolute atomic E-state index is 0.0564. The molecule has 2 N–H and O–H groups in total. The lowest BCUT2D eigenvalue weighted by molar-refractivity contribution is -0.133. The number of nitrogens with one attached hydrogen (secondary N) is 2. The van der Waals surface area contributed by atoms with Crippen molar-refractivity contribution in [1.82, 2.24) is 19.7 Å². The number of nitrogens with zero attached hydrogens (tertiary/aromatic N) is 4. The molecule has 0 fully saturated rings. The Morgan fingerprint density at radius 3 is 2.47 bits per heavy atom. The third-order valence-corrected chi connectivity index (χ3v) is 8.68. The number of fused-ring (bicyclic) bond motifs is 1. The van der Waals surface area contributed by atoms with E-state index < -0.39 is 6.04 Å². The maximum atomic E-state index is 13.9. The van der Waals surface area contributed by atoms with E-state index in [2.05, 4.69) is 10.6 Å². The number of carbonyl (C=O) groups is 2. The Morgan fingerprint density at radius 1 is 1.04 bits per heavy atom. The van der Waals surface area contributed by atoms with E-state index in [4.69, 9.17) is 31.2 Å². The fourth-order valence-electron chi connectivity index (χ4n) is 5.05. The summed E-state index contributed by atoms with van der Waals surface area (Å²) in [6.07, 6.45) is 0. The number of carbonyl (C=O) groups excluding carboxylic acids is 2. The number of aromatic nitrogens is 3. The summed E-state index contributed by atoms with van der Waals surface area (Å²) in [6, 6.07) is 21.6.